The van der Waals surface area contributed by atoms with Crippen molar-refractivity contribution in [1.29, 1.82) is 0 Å². The van der Waals surface area contributed by atoms with Gasteiger partial charge in [-0.1, -0.05) is 0 Å². The maximum absolute atomic E-state index is 12.2. The summed E-state index contributed by atoms with van der Waals surface area (Å²) in [5, 5.41) is 19.1. The summed E-state index contributed by atoms with van der Waals surface area (Å²) in [7, 11) is 0. The van der Waals surface area contributed by atoms with Gasteiger partial charge in [0, 0.05) is 10.9 Å². The molecule has 0 aliphatic heterocycles. The Morgan fingerprint density at radius 1 is 1.39 bits per heavy atom. The summed E-state index contributed by atoms with van der Waals surface area (Å²) in [4.78, 5) is 26.5. The van der Waals surface area contributed by atoms with Gasteiger partial charge < -0.3 is 20.2 Å². The molecule has 0 spiro atoms. The second-order valence-electron chi connectivity index (χ2n) is 5.55. The number of hydrogen-bond acceptors (Lipinski definition) is 7. The number of thiazole rings is 1. The first-order valence-electron chi connectivity index (χ1n) is 7.81. The van der Waals surface area contributed by atoms with Gasteiger partial charge in [0.1, 0.15) is 12.3 Å². The summed E-state index contributed by atoms with van der Waals surface area (Å²) in [6.45, 7) is -1.49. The van der Waals surface area contributed by atoms with Gasteiger partial charge in [-0.05, 0) is 36.1 Å². The van der Waals surface area contributed by atoms with Crippen LogP contribution in [0.25, 0.3) is 11.3 Å². The SMILES string of the molecule is Cc1cc([N+](=O)[O-])nn1CC(=O)Nc1nc(-c2ccc(OC(F)F)cc2)cs1. The van der Waals surface area contributed by atoms with E-state index in [0.29, 0.717) is 22.1 Å². The van der Waals surface area contributed by atoms with E-state index in [1.807, 2.05) is 0 Å². The van der Waals surface area contributed by atoms with Crippen molar-refractivity contribution < 1.29 is 23.2 Å². The number of halogens is 2. The van der Waals surface area contributed by atoms with Gasteiger partial charge in [0.15, 0.2) is 5.13 Å². The molecule has 28 heavy (non-hydrogen) atoms. The number of nitrogens with zero attached hydrogens (tertiary/aromatic N) is 4. The second kappa shape index (κ2) is 8.08. The van der Waals surface area contributed by atoms with E-state index in [4.69, 9.17) is 0 Å². The second-order valence-corrected chi connectivity index (χ2v) is 6.41. The van der Waals surface area contributed by atoms with E-state index in [2.05, 4.69) is 20.1 Å². The lowest BCUT2D eigenvalue weighted by molar-refractivity contribution is -0.389. The van der Waals surface area contributed by atoms with Crippen LogP contribution in [0.4, 0.5) is 19.7 Å². The van der Waals surface area contributed by atoms with E-state index < -0.39 is 17.4 Å². The molecule has 0 bridgehead atoms. The van der Waals surface area contributed by atoms with Crippen LogP contribution < -0.4 is 10.1 Å². The quantitative estimate of drug-likeness (QED) is 0.472. The number of hydrogen-bond donors (Lipinski definition) is 1. The van der Waals surface area contributed by atoms with E-state index in [1.165, 1.54) is 34.2 Å². The Kier molecular flexibility index (Phi) is 5.59. The van der Waals surface area contributed by atoms with Crippen molar-refractivity contribution in [2.24, 2.45) is 0 Å². The smallest absolute Gasteiger partial charge is 0.390 e. The summed E-state index contributed by atoms with van der Waals surface area (Å²) >= 11 is 1.18. The van der Waals surface area contributed by atoms with Crippen LogP contribution in [-0.2, 0) is 11.3 Å². The summed E-state index contributed by atoms with van der Waals surface area (Å²) in [6.07, 6.45) is 0. The number of nitrogens with one attached hydrogen (secondary N) is 1. The number of carbonyl (C=O) groups is 1. The highest BCUT2D eigenvalue weighted by Gasteiger charge is 2.18. The third-order valence-electron chi connectivity index (χ3n) is 3.57. The zero-order valence-corrected chi connectivity index (χ0v) is 15.2. The first kappa shape index (κ1) is 19.4. The van der Waals surface area contributed by atoms with Gasteiger partial charge in [-0.2, -0.15) is 13.5 Å². The van der Waals surface area contributed by atoms with Crippen molar-refractivity contribution in [2.45, 2.75) is 20.1 Å². The largest absolute Gasteiger partial charge is 0.435 e. The zero-order valence-electron chi connectivity index (χ0n) is 14.3. The molecule has 1 N–H and O–H groups in total. The molecule has 0 fully saturated rings. The topological polar surface area (TPSA) is 112 Å². The van der Waals surface area contributed by atoms with Crippen LogP contribution in [0.2, 0.25) is 0 Å². The number of rotatable bonds is 7. The lowest BCUT2D eigenvalue weighted by Crippen LogP contribution is -2.20. The minimum absolute atomic E-state index is 0.0335. The maximum atomic E-state index is 12.2. The molecule has 3 aromatic rings. The van der Waals surface area contributed by atoms with E-state index >= 15 is 0 Å². The first-order chi connectivity index (χ1) is 13.3. The average Bonchev–Trinajstić information content (AvgIpc) is 3.22. The fraction of sp³-hybridized carbons (Fsp3) is 0.188. The van der Waals surface area contributed by atoms with E-state index in [1.54, 1.807) is 24.4 Å². The maximum Gasteiger partial charge on any atom is 0.390 e. The molecular formula is C16H13F2N5O4S. The molecule has 2 heterocycles. The number of carbonyl (C=O) groups excluding carboxylic acids is 1. The lowest BCUT2D eigenvalue weighted by atomic mass is 10.2. The highest BCUT2D eigenvalue weighted by molar-refractivity contribution is 7.14. The first-order valence-corrected chi connectivity index (χ1v) is 8.69. The fourth-order valence-electron chi connectivity index (χ4n) is 2.31. The van der Waals surface area contributed by atoms with Crippen molar-refractivity contribution in [3.63, 3.8) is 0 Å². The molecule has 3 rings (SSSR count). The van der Waals surface area contributed by atoms with Crippen LogP contribution in [-0.4, -0.2) is 32.2 Å². The monoisotopic (exact) mass is 409 g/mol. The van der Waals surface area contributed by atoms with E-state index in [0.717, 1.165) is 0 Å². The van der Waals surface area contributed by atoms with E-state index in [9.17, 15) is 23.7 Å². The predicted molar refractivity (Wildman–Crippen MR) is 96.4 cm³/mol. The summed E-state index contributed by atoms with van der Waals surface area (Å²) < 4.78 is 29.9. The van der Waals surface area contributed by atoms with Crippen molar-refractivity contribution in [3.05, 3.63) is 51.5 Å². The number of aryl methyl sites for hydroxylation is 1. The van der Waals surface area contributed by atoms with Gasteiger partial charge in [0.25, 0.3) is 0 Å². The molecule has 1 aromatic carbocycles. The van der Waals surface area contributed by atoms with Gasteiger partial charge in [-0.15, -0.1) is 11.3 Å². The number of amides is 1. The molecular weight excluding hydrogens is 396 g/mol. The van der Waals surface area contributed by atoms with Gasteiger partial charge in [0.2, 0.25) is 5.91 Å². The van der Waals surface area contributed by atoms with Crippen LogP contribution in [0.3, 0.4) is 0 Å². The molecule has 0 atom stereocenters. The van der Waals surface area contributed by atoms with Crippen molar-refractivity contribution in [3.8, 4) is 17.0 Å². The Morgan fingerprint density at radius 3 is 2.71 bits per heavy atom. The molecule has 0 saturated heterocycles. The van der Waals surface area contributed by atoms with Gasteiger partial charge in [-0.25, -0.2) is 4.98 Å². The number of ether oxygens (including phenoxy) is 1. The summed E-state index contributed by atoms with van der Waals surface area (Å²) in [6, 6.07) is 7.21. The summed E-state index contributed by atoms with van der Waals surface area (Å²) in [5.74, 6) is -0.741. The standard InChI is InChI=1S/C16H13F2N5O4S/c1-9-6-13(23(25)26)21-22(9)7-14(24)20-16-19-12(8-28-16)10-2-4-11(5-3-10)27-15(17)18/h2-6,8,15H,7H2,1H3,(H,19,20,24). The minimum Gasteiger partial charge on any atom is -0.435 e. The molecule has 1 amide bonds. The number of nitro groups is 1. The summed E-state index contributed by atoms with van der Waals surface area (Å²) in [5.41, 5.74) is 1.69. The van der Waals surface area contributed by atoms with Crippen molar-refractivity contribution >= 4 is 28.2 Å². The molecule has 0 aliphatic carbocycles. The van der Waals surface area contributed by atoms with Crippen molar-refractivity contribution in [2.75, 3.05) is 5.32 Å². The molecule has 0 unspecified atom stereocenters. The Hall–Kier alpha value is -3.41. The molecule has 9 nitrogen and oxygen atoms in total. The zero-order chi connectivity index (χ0) is 20.3. The molecule has 0 radical (unpaired) electrons. The Bertz CT molecular complexity index is 1000. The number of anilines is 1. The van der Waals surface area contributed by atoms with Gasteiger partial charge in [-0.3, -0.25) is 4.79 Å². The highest BCUT2D eigenvalue weighted by atomic mass is 32.1. The Labute approximate surface area is 160 Å². The molecule has 0 aliphatic rings. The molecule has 0 saturated carbocycles. The van der Waals surface area contributed by atoms with Crippen LogP contribution in [0.1, 0.15) is 5.69 Å². The normalized spacial score (nSPS) is 10.9. The predicted octanol–water partition coefficient (Wildman–Crippen LogP) is 3.46. The van der Waals surface area contributed by atoms with E-state index in [-0.39, 0.29) is 18.1 Å². The number of alkyl halides is 2. The van der Waals surface area contributed by atoms with Crippen LogP contribution in [0, 0.1) is 17.0 Å². The number of benzene rings is 1. The van der Waals surface area contributed by atoms with Crippen molar-refractivity contribution in [1.82, 2.24) is 14.8 Å². The molecule has 146 valence electrons. The third-order valence-corrected chi connectivity index (χ3v) is 4.33. The average molecular weight is 409 g/mol. The number of aromatic nitrogens is 3. The lowest BCUT2D eigenvalue weighted by Gasteiger charge is -2.04. The molecule has 2 aromatic heterocycles. The third kappa shape index (κ3) is 4.65. The molecule has 12 heteroatoms. The van der Waals surface area contributed by atoms with Gasteiger partial charge in [0.05, 0.1) is 22.6 Å². The van der Waals surface area contributed by atoms with Crippen LogP contribution in [0.15, 0.2) is 35.7 Å². The Balaban J connectivity index is 1.64. The minimum atomic E-state index is -2.90. The van der Waals surface area contributed by atoms with Crippen LogP contribution in [0.5, 0.6) is 5.75 Å². The van der Waals surface area contributed by atoms with Gasteiger partial charge >= 0.3 is 12.4 Å². The highest BCUT2D eigenvalue weighted by Crippen LogP contribution is 2.27. The van der Waals surface area contributed by atoms with Crippen LogP contribution >= 0.6 is 11.3 Å². The Morgan fingerprint density at radius 2 is 2.11 bits per heavy atom. The fourth-order valence-corrected chi connectivity index (χ4v) is 3.04.